The van der Waals surface area contributed by atoms with E-state index < -0.39 is 0 Å². The fourth-order valence-corrected chi connectivity index (χ4v) is 1.28. The summed E-state index contributed by atoms with van der Waals surface area (Å²) >= 11 is 1.51. The Kier molecular flexibility index (Phi) is 26.2. The maximum Gasteiger partial charge on any atom is 0.107 e. The van der Waals surface area contributed by atoms with Crippen LogP contribution in [0.5, 0.6) is 0 Å². The van der Waals surface area contributed by atoms with Crippen molar-refractivity contribution in [1.82, 2.24) is 0 Å². The molecule has 130 valence electrons. The topological polar surface area (TPSA) is 58.9 Å². The predicted molar refractivity (Wildman–Crippen MR) is 93.3 cm³/mol. The van der Waals surface area contributed by atoms with E-state index in [1.807, 2.05) is 31.2 Å². The van der Waals surface area contributed by atoms with Crippen molar-refractivity contribution >= 4 is 28.5 Å². The number of hydrogen-bond acceptors (Lipinski definition) is 4. The molecule has 0 bridgehead atoms. The molecule has 0 spiro atoms. The second-order valence-corrected chi connectivity index (χ2v) is 5.15. The molecule has 0 unspecified atom stereocenters. The zero-order valence-corrected chi connectivity index (χ0v) is 17.2. The van der Waals surface area contributed by atoms with Gasteiger partial charge in [0, 0.05) is 0 Å². The van der Waals surface area contributed by atoms with Gasteiger partial charge < -0.3 is 19.7 Å². The molecule has 0 aromatic rings. The molecular formula is C16H24Cl2O4Zr. The van der Waals surface area contributed by atoms with E-state index in [-0.39, 0.29) is 38.0 Å². The molecule has 23 heavy (non-hydrogen) atoms. The van der Waals surface area contributed by atoms with Crippen molar-refractivity contribution in [1.29, 1.82) is 0 Å². The molecular weight excluding hydrogens is 418 g/mol. The van der Waals surface area contributed by atoms with Gasteiger partial charge in [0.2, 0.25) is 0 Å². The molecule has 0 radical (unpaired) electrons. The molecule has 0 saturated heterocycles. The summed E-state index contributed by atoms with van der Waals surface area (Å²) in [7, 11) is 0. The van der Waals surface area contributed by atoms with Crippen molar-refractivity contribution < 1.29 is 43.9 Å². The van der Waals surface area contributed by atoms with Gasteiger partial charge in [-0.05, 0) is 0 Å². The Hall–Kier alpha value is -0.187. The summed E-state index contributed by atoms with van der Waals surface area (Å²) in [5.74, 6) is 1.51. The van der Waals surface area contributed by atoms with E-state index >= 15 is 0 Å². The number of ether oxygens (including phenoxy) is 2. The number of halogens is 2. The summed E-state index contributed by atoms with van der Waals surface area (Å²) in [4.78, 5) is 0. The molecule has 4 nitrogen and oxygen atoms in total. The van der Waals surface area contributed by atoms with Gasteiger partial charge in [0.1, 0.15) is 13.2 Å². The Balaban J connectivity index is -0.000000277. The SMILES string of the molecule is C[CH]=[Zr+2].Cl.Cl.OCCOC1=[C-]CC=C1.OCCOC1=[C-]CC=C1. The van der Waals surface area contributed by atoms with Crippen LogP contribution in [0.25, 0.3) is 0 Å². The molecule has 2 rings (SSSR count). The van der Waals surface area contributed by atoms with E-state index in [1.165, 1.54) is 24.2 Å². The van der Waals surface area contributed by atoms with Crippen molar-refractivity contribution in [3.8, 4) is 0 Å². The molecule has 2 N–H and O–H groups in total. The van der Waals surface area contributed by atoms with E-state index in [1.54, 1.807) is 0 Å². The van der Waals surface area contributed by atoms with E-state index in [0.717, 1.165) is 24.4 Å². The van der Waals surface area contributed by atoms with Crippen molar-refractivity contribution in [2.24, 2.45) is 0 Å². The zero-order valence-electron chi connectivity index (χ0n) is 13.2. The van der Waals surface area contributed by atoms with Crippen molar-refractivity contribution in [2.45, 2.75) is 19.8 Å². The Labute approximate surface area is 166 Å². The van der Waals surface area contributed by atoms with Crippen molar-refractivity contribution in [3.63, 3.8) is 0 Å². The zero-order chi connectivity index (χ0) is 15.8. The van der Waals surface area contributed by atoms with Crippen LogP contribution in [0, 0.1) is 12.2 Å². The average Bonchev–Trinajstić information content (AvgIpc) is 3.18. The molecule has 0 aromatic carbocycles. The van der Waals surface area contributed by atoms with Crippen LogP contribution in [0.1, 0.15) is 19.8 Å². The second-order valence-electron chi connectivity index (χ2n) is 3.73. The molecule has 2 aliphatic carbocycles. The summed E-state index contributed by atoms with van der Waals surface area (Å²) in [5, 5.41) is 16.7. The maximum atomic E-state index is 8.34. The molecule has 0 aliphatic heterocycles. The average molecular weight is 442 g/mol. The van der Waals surface area contributed by atoms with Crippen LogP contribution in [-0.4, -0.2) is 40.3 Å². The van der Waals surface area contributed by atoms with E-state index in [0.29, 0.717) is 13.2 Å². The molecule has 0 fully saturated rings. The number of rotatable bonds is 6. The standard InChI is InChI=1S/2C7H9O2.C2H4.2ClH.Zr/c2*8-5-6-9-7-3-1-2-4-7;1-2;;;/h2*1,3,8H,2,5-6H2;1H,2H3;2*1H;/q2*-1;;;;+2. The van der Waals surface area contributed by atoms with E-state index in [9.17, 15) is 0 Å². The fourth-order valence-electron chi connectivity index (χ4n) is 1.28. The molecule has 2 aliphatic rings. The molecule has 0 aromatic heterocycles. The third-order valence-corrected chi connectivity index (χ3v) is 2.02. The van der Waals surface area contributed by atoms with Gasteiger partial charge in [0.25, 0.3) is 0 Å². The number of aliphatic hydroxyl groups is 2. The molecule has 0 saturated carbocycles. The first-order valence-electron chi connectivity index (χ1n) is 6.75. The van der Waals surface area contributed by atoms with Gasteiger partial charge in [-0.2, -0.15) is 24.3 Å². The maximum absolute atomic E-state index is 8.34. The Morgan fingerprint density at radius 2 is 1.35 bits per heavy atom. The van der Waals surface area contributed by atoms with Crippen LogP contribution in [0.4, 0.5) is 0 Å². The molecule has 0 atom stereocenters. The van der Waals surface area contributed by atoms with Crippen LogP contribution in [0.2, 0.25) is 0 Å². The smallest absolute Gasteiger partial charge is 0.107 e. The largest absolute Gasteiger partial charge is 0.529 e. The van der Waals surface area contributed by atoms with Gasteiger partial charge in [-0.15, -0.1) is 37.7 Å². The van der Waals surface area contributed by atoms with Crippen LogP contribution in [-0.2, 0) is 33.7 Å². The van der Waals surface area contributed by atoms with Crippen LogP contribution >= 0.6 is 24.8 Å². The monoisotopic (exact) mass is 440 g/mol. The molecule has 7 heteroatoms. The predicted octanol–water partition coefficient (Wildman–Crippen LogP) is 2.48. The third-order valence-electron chi connectivity index (χ3n) is 2.02. The van der Waals surface area contributed by atoms with Gasteiger partial charge in [-0.25, -0.2) is 12.2 Å². The van der Waals surface area contributed by atoms with Crippen molar-refractivity contribution in [3.05, 3.63) is 48.0 Å². The molecule has 0 amide bonds. The fraction of sp³-hybridized carbons (Fsp3) is 0.438. The third kappa shape index (κ3) is 18.0. The summed E-state index contributed by atoms with van der Waals surface area (Å²) in [6.45, 7) is 2.91. The summed E-state index contributed by atoms with van der Waals surface area (Å²) in [6.07, 6.45) is 15.2. The minimum absolute atomic E-state index is 0. The molecule has 0 heterocycles. The second kappa shape index (κ2) is 21.8. The summed E-state index contributed by atoms with van der Waals surface area (Å²) < 4.78 is 12.1. The van der Waals surface area contributed by atoms with Gasteiger partial charge in [0.15, 0.2) is 0 Å². The minimum Gasteiger partial charge on any atom is -0.529 e. The van der Waals surface area contributed by atoms with E-state index in [2.05, 4.69) is 15.9 Å². The summed E-state index contributed by atoms with van der Waals surface area (Å²) in [5.41, 5.74) is 0. The van der Waals surface area contributed by atoms with E-state index in [4.69, 9.17) is 19.7 Å². The van der Waals surface area contributed by atoms with Crippen LogP contribution in [0.15, 0.2) is 35.8 Å². The first-order valence-corrected chi connectivity index (χ1v) is 8.17. The summed E-state index contributed by atoms with van der Waals surface area (Å²) in [6, 6.07) is 0. The number of allylic oxidation sites excluding steroid dienone is 6. The first-order chi connectivity index (χ1) is 10.3. The first kappa shape index (κ1) is 27.7. The normalized spacial score (nSPS) is 13.1. The number of aliphatic hydroxyl groups excluding tert-OH is 2. The number of hydrogen-bond donors (Lipinski definition) is 2. The van der Waals surface area contributed by atoms with Gasteiger partial charge in [-0.1, -0.05) is 11.5 Å². The van der Waals surface area contributed by atoms with Crippen molar-refractivity contribution in [2.75, 3.05) is 26.4 Å². The quantitative estimate of drug-likeness (QED) is 0.621. The van der Waals surface area contributed by atoms with Crippen LogP contribution in [0.3, 0.4) is 0 Å². The Bertz CT molecular complexity index is 360. The Morgan fingerprint density at radius 3 is 1.57 bits per heavy atom. The Morgan fingerprint density at radius 1 is 1.00 bits per heavy atom. The van der Waals surface area contributed by atoms with Gasteiger partial charge in [0.05, 0.1) is 13.2 Å². The van der Waals surface area contributed by atoms with Crippen LogP contribution < -0.4 is 0 Å². The minimum atomic E-state index is 0. The van der Waals surface area contributed by atoms with Gasteiger partial charge in [-0.3, -0.25) is 0 Å². The van der Waals surface area contributed by atoms with Gasteiger partial charge >= 0.3 is 34.9 Å².